The normalized spacial score (nSPS) is 15.3. The second kappa shape index (κ2) is 9.78. The summed E-state index contributed by atoms with van der Waals surface area (Å²) in [7, 11) is 1.63. The van der Waals surface area contributed by atoms with Gasteiger partial charge < -0.3 is 19.4 Å². The summed E-state index contributed by atoms with van der Waals surface area (Å²) < 4.78 is 11.5. The van der Waals surface area contributed by atoms with Crippen molar-refractivity contribution in [2.24, 2.45) is 5.92 Å². The van der Waals surface area contributed by atoms with Crippen LogP contribution in [0.3, 0.4) is 0 Å². The van der Waals surface area contributed by atoms with Crippen molar-refractivity contribution in [1.82, 2.24) is 15.0 Å². The fourth-order valence-corrected chi connectivity index (χ4v) is 5.31. The van der Waals surface area contributed by atoms with Crippen LogP contribution in [0.5, 0.6) is 5.75 Å². The number of benzene rings is 2. The van der Waals surface area contributed by atoms with Gasteiger partial charge in [-0.05, 0) is 67.6 Å². The average Bonchev–Trinajstić information content (AvgIpc) is 3.53. The highest BCUT2D eigenvalue weighted by atomic mass is 16.5. The average molecular weight is 508 g/mol. The van der Waals surface area contributed by atoms with Crippen LogP contribution in [0, 0.1) is 19.8 Å². The van der Waals surface area contributed by atoms with Crippen LogP contribution < -0.4 is 15.0 Å². The Hall–Kier alpha value is -4.46. The largest absolute Gasteiger partial charge is 0.495 e. The number of methoxy groups -OCH3 is 1. The van der Waals surface area contributed by atoms with Gasteiger partial charge in [-0.25, -0.2) is 9.97 Å². The highest BCUT2D eigenvalue weighted by Crippen LogP contribution is 2.35. The molecule has 0 spiro atoms. The Bertz CT molecular complexity index is 1660. The smallest absolute Gasteiger partial charge is 0.224 e. The van der Waals surface area contributed by atoms with Crippen molar-refractivity contribution in [3.05, 3.63) is 72.3 Å². The van der Waals surface area contributed by atoms with E-state index in [-0.39, 0.29) is 11.8 Å². The van der Waals surface area contributed by atoms with Crippen molar-refractivity contribution in [2.45, 2.75) is 26.7 Å². The second-order valence-electron chi connectivity index (χ2n) is 9.87. The first-order valence-electron chi connectivity index (χ1n) is 12.8. The molecule has 3 aromatic heterocycles. The molecule has 1 N–H and O–H groups in total. The van der Waals surface area contributed by atoms with E-state index >= 15 is 0 Å². The van der Waals surface area contributed by atoms with Crippen molar-refractivity contribution in [1.29, 1.82) is 0 Å². The zero-order valence-corrected chi connectivity index (χ0v) is 21.7. The standard InChI is InChI=1S/C30H29N5O3/c1-18-12-22(8-9-24(18)21-14-23(37-3)16-31-15-21)34-27(36)13-20-10-11-35(17-20)30-29-28(32-19(2)33-30)25-6-4-5-7-26(25)38-29/h4-9,12,14-16,20H,10-11,13,17H2,1-3H3,(H,34,36)/t20-/m1/s1. The molecule has 8 heteroatoms. The van der Waals surface area contributed by atoms with Crippen LogP contribution in [0.25, 0.3) is 33.2 Å². The molecule has 1 aliphatic rings. The highest BCUT2D eigenvalue weighted by Gasteiger charge is 2.28. The Balaban J connectivity index is 1.14. The SMILES string of the molecule is COc1cncc(-c2ccc(NC(=O)C[C@H]3CCN(c4nc(C)nc5c4oc4ccccc45)C3)cc2C)c1. The summed E-state index contributed by atoms with van der Waals surface area (Å²) in [6.07, 6.45) is 4.86. The first-order valence-corrected chi connectivity index (χ1v) is 12.8. The minimum atomic E-state index is 0.0137. The Morgan fingerprint density at radius 2 is 2.00 bits per heavy atom. The number of fused-ring (bicyclic) bond motifs is 3. The molecule has 1 fully saturated rings. The zero-order valence-electron chi connectivity index (χ0n) is 21.7. The Morgan fingerprint density at radius 3 is 2.84 bits per heavy atom. The number of amides is 1. The van der Waals surface area contributed by atoms with E-state index in [4.69, 9.17) is 14.1 Å². The van der Waals surface area contributed by atoms with Crippen LogP contribution in [0.4, 0.5) is 11.5 Å². The van der Waals surface area contributed by atoms with Gasteiger partial charge in [0.1, 0.15) is 22.7 Å². The van der Waals surface area contributed by atoms with Crippen LogP contribution in [0.15, 0.2) is 65.3 Å². The van der Waals surface area contributed by atoms with E-state index in [1.54, 1.807) is 13.3 Å². The minimum absolute atomic E-state index is 0.0137. The van der Waals surface area contributed by atoms with Crippen molar-refractivity contribution in [3.63, 3.8) is 0 Å². The summed E-state index contributed by atoms with van der Waals surface area (Å²) in [5.74, 6) is 2.48. The maximum absolute atomic E-state index is 12.9. The Kier molecular flexibility index (Phi) is 6.15. The second-order valence-corrected chi connectivity index (χ2v) is 9.87. The molecule has 0 unspecified atom stereocenters. The Labute approximate surface area is 220 Å². The van der Waals surface area contributed by atoms with Gasteiger partial charge in [-0.2, -0.15) is 0 Å². The molecule has 1 atom stereocenters. The first kappa shape index (κ1) is 23.9. The number of nitrogens with zero attached hydrogens (tertiary/aromatic N) is 4. The number of aromatic nitrogens is 3. The topological polar surface area (TPSA) is 93.4 Å². The molecule has 6 rings (SSSR count). The number of nitrogens with one attached hydrogen (secondary N) is 1. The Morgan fingerprint density at radius 1 is 1.13 bits per heavy atom. The zero-order chi connectivity index (χ0) is 26.2. The number of rotatable bonds is 6. The third kappa shape index (κ3) is 4.53. The van der Waals surface area contributed by atoms with Crippen molar-refractivity contribution < 1.29 is 13.9 Å². The molecule has 0 bridgehead atoms. The maximum Gasteiger partial charge on any atom is 0.224 e. The molecular weight excluding hydrogens is 478 g/mol. The third-order valence-electron chi connectivity index (χ3n) is 7.14. The lowest BCUT2D eigenvalue weighted by Crippen LogP contribution is -2.23. The van der Waals surface area contributed by atoms with Gasteiger partial charge in [0, 0.05) is 42.3 Å². The fourth-order valence-electron chi connectivity index (χ4n) is 5.31. The van der Waals surface area contributed by atoms with Gasteiger partial charge in [-0.1, -0.05) is 18.2 Å². The number of para-hydroxylation sites is 1. The number of ether oxygens (including phenoxy) is 1. The summed E-state index contributed by atoms with van der Waals surface area (Å²) in [5, 5.41) is 4.07. The number of anilines is 2. The van der Waals surface area contributed by atoms with Crippen LogP contribution in [0.2, 0.25) is 0 Å². The molecule has 1 saturated heterocycles. The quantitative estimate of drug-likeness (QED) is 0.305. The number of hydrogen-bond donors (Lipinski definition) is 1. The van der Waals surface area contributed by atoms with E-state index in [1.165, 1.54) is 0 Å². The highest BCUT2D eigenvalue weighted by molar-refractivity contribution is 6.05. The molecule has 1 aliphatic heterocycles. The van der Waals surface area contributed by atoms with Crippen LogP contribution >= 0.6 is 0 Å². The summed E-state index contributed by atoms with van der Waals surface area (Å²) in [6.45, 7) is 5.51. The van der Waals surface area contributed by atoms with Gasteiger partial charge in [0.2, 0.25) is 5.91 Å². The summed E-state index contributed by atoms with van der Waals surface area (Å²) in [6, 6.07) is 15.8. The van der Waals surface area contributed by atoms with Gasteiger partial charge in [0.15, 0.2) is 11.4 Å². The molecule has 5 aromatic rings. The first-order chi connectivity index (χ1) is 18.5. The van der Waals surface area contributed by atoms with Gasteiger partial charge >= 0.3 is 0 Å². The van der Waals surface area contributed by atoms with E-state index < -0.39 is 0 Å². The van der Waals surface area contributed by atoms with E-state index in [2.05, 4.69) is 20.2 Å². The molecule has 192 valence electrons. The lowest BCUT2D eigenvalue weighted by Gasteiger charge is -2.18. The number of pyridine rings is 1. The van der Waals surface area contributed by atoms with Gasteiger partial charge in [0.05, 0.1) is 13.3 Å². The summed E-state index contributed by atoms with van der Waals surface area (Å²) >= 11 is 0. The third-order valence-corrected chi connectivity index (χ3v) is 7.14. The van der Waals surface area contributed by atoms with Gasteiger partial charge in [-0.3, -0.25) is 9.78 Å². The van der Waals surface area contributed by atoms with Crippen molar-refractivity contribution >= 4 is 39.5 Å². The molecule has 8 nitrogen and oxygen atoms in total. The molecular formula is C30H29N5O3. The summed E-state index contributed by atoms with van der Waals surface area (Å²) in [5.41, 5.74) is 6.23. The molecule has 0 saturated carbocycles. The van der Waals surface area contributed by atoms with Crippen molar-refractivity contribution in [3.8, 4) is 16.9 Å². The van der Waals surface area contributed by atoms with Crippen LogP contribution in [-0.2, 0) is 4.79 Å². The maximum atomic E-state index is 12.9. The van der Waals surface area contributed by atoms with E-state index in [0.717, 1.165) is 64.2 Å². The van der Waals surface area contributed by atoms with Crippen molar-refractivity contribution in [2.75, 3.05) is 30.4 Å². The molecule has 1 amide bonds. The van der Waals surface area contributed by atoms with Gasteiger partial charge in [0.25, 0.3) is 0 Å². The van der Waals surface area contributed by atoms with Crippen LogP contribution in [0.1, 0.15) is 24.2 Å². The predicted octanol–water partition coefficient (Wildman–Crippen LogP) is 5.92. The van der Waals surface area contributed by atoms with E-state index in [9.17, 15) is 4.79 Å². The monoisotopic (exact) mass is 507 g/mol. The number of aryl methyl sites for hydroxylation is 2. The fraction of sp³-hybridized carbons (Fsp3) is 0.267. The minimum Gasteiger partial charge on any atom is -0.495 e. The molecule has 2 aromatic carbocycles. The summed E-state index contributed by atoms with van der Waals surface area (Å²) in [4.78, 5) is 28.8. The van der Waals surface area contributed by atoms with Gasteiger partial charge in [-0.15, -0.1) is 0 Å². The molecule has 0 aliphatic carbocycles. The number of carbonyl (C=O) groups is 1. The lowest BCUT2D eigenvalue weighted by molar-refractivity contribution is -0.116. The number of hydrogen-bond acceptors (Lipinski definition) is 7. The van der Waals surface area contributed by atoms with E-state index in [1.807, 2.05) is 68.6 Å². The predicted molar refractivity (Wildman–Crippen MR) is 149 cm³/mol. The van der Waals surface area contributed by atoms with Crippen LogP contribution in [-0.4, -0.2) is 41.1 Å². The number of carbonyl (C=O) groups excluding carboxylic acids is 1. The molecule has 38 heavy (non-hydrogen) atoms. The molecule has 4 heterocycles. The lowest BCUT2D eigenvalue weighted by atomic mass is 10.0. The molecule has 0 radical (unpaired) electrons. The number of furan rings is 1. The van der Waals surface area contributed by atoms with E-state index in [0.29, 0.717) is 23.6 Å².